The predicted molar refractivity (Wildman–Crippen MR) is 157 cm³/mol. The Morgan fingerprint density at radius 2 is 1.98 bits per heavy atom. The first-order chi connectivity index (χ1) is 18.9. The normalized spacial score (nSPS) is 27.6. The second-order valence-corrected chi connectivity index (χ2v) is 12.7. The zero-order valence-corrected chi connectivity index (χ0v) is 24.3. The minimum atomic E-state index is -1.27. The molecule has 2 amide bonds. The summed E-state index contributed by atoms with van der Waals surface area (Å²) in [6.07, 6.45) is 4.12. The van der Waals surface area contributed by atoms with Gasteiger partial charge in [-0.1, -0.05) is 56.1 Å². The maximum absolute atomic E-state index is 15.9. The van der Waals surface area contributed by atoms with Gasteiger partial charge < -0.3 is 26.4 Å². The van der Waals surface area contributed by atoms with E-state index in [4.69, 9.17) is 33.7 Å². The molecular weight excluding hydrogens is 554 g/mol. The lowest BCUT2D eigenvalue weighted by atomic mass is 9.60. The number of nitrogens with one attached hydrogen (secondary N) is 3. The number of fused-ring (bicyclic) bond motifs is 2. The average molecular weight is 588 g/mol. The first kappa shape index (κ1) is 28.5. The zero-order chi connectivity index (χ0) is 29.0. The molecule has 1 saturated heterocycles. The van der Waals surface area contributed by atoms with Crippen molar-refractivity contribution in [2.75, 3.05) is 23.5 Å². The van der Waals surface area contributed by atoms with Crippen LogP contribution in [0.4, 0.5) is 21.5 Å². The van der Waals surface area contributed by atoms with Gasteiger partial charge in [0.15, 0.2) is 0 Å². The number of hydrogen-bond donors (Lipinski definition) is 4. The summed E-state index contributed by atoms with van der Waals surface area (Å²) in [6, 6.07) is 8.69. The van der Waals surface area contributed by atoms with Crippen molar-refractivity contribution >= 4 is 52.1 Å². The van der Waals surface area contributed by atoms with Gasteiger partial charge in [-0.05, 0) is 54.2 Å². The standard InChI is InChI=1S/C30H33Cl2FN4O3/c1-29(2,3)14-23-30(18-10-8-15(31)12-21(18)36-28(30)39)24(17-6-5-7-19(32)25(17)33)26(37-23)27(38)35-20-11-9-16(34)13-22(20)40-4/h5,7-13,17,23-24,26,37H,6,14,34H2,1-4H3,(H,35,38)(H,36,39)/t17?,23?,24-,26+,30+/m0/s1. The molecular formula is C30H33Cl2FN4O3. The number of ether oxygens (including phenoxy) is 1. The molecule has 2 aromatic carbocycles. The van der Waals surface area contributed by atoms with Gasteiger partial charge in [0.25, 0.3) is 0 Å². The number of nitrogen functional groups attached to an aromatic ring is 1. The number of carbonyl (C=O) groups is 2. The minimum Gasteiger partial charge on any atom is -0.494 e. The molecule has 2 heterocycles. The summed E-state index contributed by atoms with van der Waals surface area (Å²) in [5.41, 5.74) is 6.54. The molecule has 0 bridgehead atoms. The van der Waals surface area contributed by atoms with Crippen LogP contribution in [0.15, 0.2) is 59.4 Å². The number of nitrogens with two attached hydrogens (primary N) is 1. The van der Waals surface area contributed by atoms with Crippen LogP contribution in [-0.4, -0.2) is 31.0 Å². The molecule has 5 N–H and O–H groups in total. The van der Waals surface area contributed by atoms with Crippen molar-refractivity contribution in [3.05, 3.63) is 70.0 Å². The molecule has 5 atom stereocenters. The third-order valence-electron chi connectivity index (χ3n) is 8.09. The van der Waals surface area contributed by atoms with E-state index in [1.165, 1.54) is 13.2 Å². The van der Waals surface area contributed by atoms with Crippen molar-refractivity contribution in [2.24, 2.45) is 17.3 Å². The van der Waals surface area contributed by atoms with Crippen molar-refractivity contribution < 1.29 is 18.7 Å². The Balaban J connectivity index is 1.69. The fraction of sp³-hybridized carbons (Fsp3) is 0.400. The lowest BCUT2D eigenvalue weighted by molar-refractivity contribution is -0.124. The maximum atomic E-state index is 15.9. The molecule has 7 nitrogen and oxygen atoms in total. The van der Waals surface area contributed by atoms with Crippen molar-refractivity contribution in [1.29, 1.82) is 0 Å². The van der Waals surface area contributed by atoms with Crippen LogP contribution in [0.2, 0.25) is 5.02 Å². The number of amides is 2. The van der Waals surface area contributed by atoms with Crippen molar-refractivity contribution in [3.8, 4) is 5.75 Å². The molecule has 0 aromatic heterocycles. The summed E-state index contributed by atoms with van der Waals surface area (Å²) in [6.45, 7) is 6.21. The lowest BCUT2D eigenvalue weighted by Crippen LogP contribution is -2.52. The highest BCUT2D eigenvalue weighted by atomic mass is 35.5. The quantitative estimate of drug-likeness (QED) is 0.314. The highest BCUT2D eigenvalue weighted by Gasteiger charge is 2.67. The lowest BCUT2D eigenvalue weighted by Gasteiger charge is -2.40. The largest absolute Gasteiger partial charge is 0.494 e. The summed E-state index contributed by atoms with van der Waals surface area (Å²) >= 11 is 12.6. The fourth-order valence-corrected chi connectivity index (χ4v) is 6.98. The van der Waals surface area contributed by atoms with Crippen LogP contribution in [-0.2, 0) is 15.0 Å². The van der Waals surface area contributed by atoms with Crippen LogP contribution >= 0.6 is 23.2 Å². The number of methoxy groups -OCH3 is 1. The molecule has 1 fully saturated rings. The molecule has 2 aromatic rings. The number of benzene rings is 2. The van der Waals surface area contributed by atoms with Crippen molar-refractivity contribution in [1.82, 2.24) is 5.32 Å². The van der Waals surface area contributed by atoms with E-state index in [0.29, 0.717) is 39.8 Å². The number of anilines is 3. The highest BCUT2D eigenvalue weighted by molar-refractivity contribution is 6.31. The number of allylic oxidation sites excluding steroid dienone is 4. The van der Waals surface area contributed by atoms with Gasteiger partial charge in [0.05, 0.1) is 29.3 Å². The molecule has 5 rings (SSSR count). The van der Waals surface area contributed by atoms with Gasteiger partial charge in [0.2, 0.25) is 11.8 Å². The molecule has 3 aliphatic rings. The van der Waals surface area contributed by atoms with Gasteiger partial charge in [0.1, 0.15) is 11.6 Å². The summed E-state index contributed by atoms with van der Waals surface area (Å²) in [5, 5.41) is 9.86. The second-order valence-electron chi connectivity index (χ2n) is 11.9. The monoisotopic (exact) mass is 586 g/mol. The molecule has 10 heteroatoms. The van der Waals surface area contributed by atoms with Crippen LogP contribution in [0.25, 0.3) is 0 Å². The molecule has 1 spiro atoms. The maximum Gasteiger partial charge on any atom is 0.241 e. The Kier molecular flexibility index (Phi) is 7.40. The topological polar surface area (TPSA) is 105 Å². The van der Waals surface area contributed by atoms with Gasteiger partial charge in [-0.3, -0.25) is 9.59 Å². The summed E-state index contributed by atoms with van der Waals surface area (Å²) < 4.78 is 21.4. The average Bonchev–Trinajstić information content (AvgIpc) is 3.35. The van der Waals surface area contributed by atoms with E-state index in [1.54, 1.807) is 36.4 Å². The van der Waals surface area contributed by atoms with Gasteiger partial charge in [-0.2, -0.15) is 0 Å². The Morgan fingerprint density at radius 1 is 1.23 bits per heavy atom. The van der Waals surface area contributed by atoms with E-state index >= 15 is 4.39 Å². The number of halogens is 3. The van der Waals surface area contributed by atoms with E-state index in [-0.39, 0.29) is 22.8 Å². The number of carbonyl (C=O) groups excluding carboxylic acids is 2. The molecule has 2 unspecified atom stereocenters. The first-order valence-electron chi connectivity index (χ1n) is 13.2. The molecule has 212 valence electrons. The van der Waals surface area contributed by atoms with Crippen molar-refractivity contribution in [3.63, 3.8) is 0 Å². The predicted octanol–water partition coefficient (Wildman–Crippen LogP) is 6.15. The number of hydrogen-bond acceptors (Lipinski definition) is 5. The molecule has 2 aliphatic heterocycles. The zero-order valence-electron chi connectivity index (χ0n) is 22.8. The van der Waals surface area contributed by atoms with Crippen LogP contribution in [0.1, 0.15) is 39.2 Å². The summed E-state index contributed by atoms with van der Waals surface area (Å²) in [5.74, 6) is -2.51. The van der Waals surface area contributed by atoms with Crippen LogP contribution in [0.3, 0.4) is 0 Å². The third-order valence-corrected chi connectivity index (χ3v) is 8.63. The highest BCUT2D eigenvalue weighted by Crippen LogP contribution is 2.57. The molecule has 0 radical (unpaired) electrons. The SMILES string of the molecule is COc1cc(N)ccc1NC(=O)[C@@H]1NC(CC(C)(C)C)[C@@]2(C(=O)Nc3cc(Cl)ccc32)[C@H]1C1CC=CC(Cl)=C1F. The van der Waals surface area contributed by atoms with E-state index < -0.39 is 41.1 Å². The van der Waals surface area contributed by atoms with Crippen LogP contribution in [0, 0.1) is 17.3 Å². The van der Waals surface area contributed by atoms with Crippen LogP contribution < -0.4 is 26.4 Å². The summed E-state index contributed by atoms with van der Waals surface area (Å²) in [4.78, 5) is 28.3. The Labute approximate surface area is 243 Å². The van der Waals surface area contributed by atoms with Gasteiger partial charge in [-0.15, -0.1) is 0 Å². The smallest absolute Gasteiger partial charge is 0.241 e. The van der Waals surface area contributed by atoms with E-state index in [0.717, 1.165) is 0 Å². The fourth-order valence-electron chi connectivity index (χ4n) is 6.58. The third kappa shape index (κ3) is 4.76. The van der Waals surface area contributed by atoms with Gasteiger partial charge in [0, 0.05) is 40.3 Å². The van der Waals surface area contributed by atoms with Crippen LogP contribution in [0.5, 0.6) is 5.75 Å². The Morgan fingerprint density at radius 3 is 2.67 bits per heavy atom. The Hall–Kier alpha value is -3.07. The molecule has 1 aliphatic carbocycles. The Bertz CT molecular complexity index is 1440. The first-order valence-corrected chi connectivity index (χ1v) is 14.0. The van der Waals surface area contributed by atoms with E-state index in [1.807, 2.05) is 6.07 Å². The number of rotatable bonds is 5. The van der Waals surface area contributed by atoms with E-state index in [9.17, 15) is 9.59 Å². The van der Waals surface area contributed by atoms with Crippen molar-refractivity contribution in [2.45, 2.75) is 51.1 Å². The van der Waals surface area contributed by atoms with Gasteiger partial charge >= 0.3 is 0 Å². The van der Waals surface area contributed by atoms with Gasteiger partial charge in [-0.25, -0.2) is 4.39 Å². The molecule has 40 heavy (non-hydrogen) atoms. The molecule has 0 saturated carbocycles. The van der Waals surface area contributed by atoms with E-state index in [2.05, 4.69) is 36.7 Å². The minimum absolute atomic E-state index is 0.0280. The summed E-state index contributed by atoms with van der Waals surface area (Å²) in [7, 11) is 1.48. The second kappa shape index (κ2) is 10.4.